The average molecular weight is 586 g/mol. The van der Waals surface area contributed by atoms with Crippen LogP contribution in [0.1, 0.15) is 57.3 Å². The number of fused-ring (bicyclic) bond motifs is 1. The van der Waals surface area contributed by atoms with Crippen molar-refractivity contribution in [1.29, 1.82) is 0 Å². The van der Waals surface area contributed by atoms with Crippen LogP contribution in [0.15, 0.2) is 35.5 Å². The summed E-state index contributed by atoms with van der Waals surface area (Å²) in [6.07, 6.45) is 4.61. The second-order valence-corrected chi connectivity index (χ2v) is 11.3. The Bertz CT molecular complexity index is 1540. The van der Waals surface area contributed by atoms with Gasteiger partial charge in [-0.05, 0) is 61.2 Å². The number of nitrogens with one attached hydrogen (secondary N) is 3. The van der Waals surface area contributed by atoms with Gasteiger partial charge in [-0.3, -0.25) is 20.1 Å². The van der Waals surface area contributed by atoms with E-state index < -0.39 is 5.97 Å². The normalized spacial score (nSPS) is 12.7. The number of nitrogen functional groups attached to an aromatic ring is 1. The van der Waals surface area contributed by atoms with Gasteiger partial charge in [0.1, 0.15) is 0 Å². The molecule has 1 aromatic carbocycles. The fourth-order valence-corrected chi connectivity index (χ4v) is 6.67. The van der Waals surface area contributed by atoms with E-state index in [1.165, 1.54) is 26.9 Å². The predicted molar refractivity (Wildman–Crippen MR) is 152 cm³/mol. The number of aliphatic carboxylic acids is 1. The van der Waals surface area contributed by atoms with Gasteiger partial charge in [0.2, 0.25) is 9.93 Å². The number of carbonyl (C=O) groups is 2. The lowest BCUT2D eigenvalue weighted by molar-refractivity contribution is -0.136. The van der Waals surface area contributed by atoms with Gasteiger partial charge in [-0.25, -0.2) is 9.35 Å². The summed E-state index contributed by atoms with van der Waals surface area (Å²) in [7, 11) is 0. The number of rotatable bonds is 11. The number of hydrogen-bond donors (Lipinski definition) is 5. The van der Waals surface area contributed by atoms with Crippen LogP contribution >= 0.6 is 35.3 Å². The Kier molecular flexibility index (Phi) is 8.28. The molecule has 1 aliphatic carbocycles. The maximum atomic E-state index is 13.1. The number of amides is 1. The zero-order valence-electron chi connectivity index (χ0n) is 20.8. The van der Waals surface area contributed by atoms with Crippen LogP contribution < -0.4 is 16.6 Å². The van der Waals surface area contributed by atoms with Crippen LogP contribution in [0.3, 0.4) is 0 Å². The molecule has 12 nitrogen and oxygen atoms in total. The van der Waals surface area contributed by atoms with Crippen molar-refractivity contribution in [3.63, 3.8) is 0 Å². The molecule has 0 aliphatic heterocycles. The van der Waals surface area contributed by atoms with Crippen LogP contribution in [0.2, 0.25) is 0 Å². The van der Waals surface area contributed by atoms with Crippen LogP contribution in [0.5, 0.6) is 0 Å². The minimum atomic E-state index is -0.853. The Morgan fingerprint density at radius 2 is 1.97 bits per heavy atom. The molecule has 39 heavy (non-hydrogen) atoms. The highest BCUT2D eigenvalue weighted by Gasteiger charge is 2.24. The monoisotopic (exact) mass is 585 g/mol. The quantitative estimate of drug-likeness (QED) is 0.1000. The van der Waals surface area contributed by atoms with Gasteiger partial charge < -0.3 is 16.3 Å². The molecule has 0 spiro atoms. The van der Waals surface area contributed by atoms with Gasteiger partial charge in [-0.15, -0.1) is 21.5 Å². The number of carboxylic acid groups (broad SMARTS) is 1. The zero-order valence-corrected chi connectivity index (χ0v) is 23.3. The molecular formula is C24H27N9O3S3. The van der Waals surface area contributed by atoms with E-state index in [4.69, 9.17) is 23.2 Å². The molecule has 0 fully saturated rings. The van der Waals surface area contributed by atoms with Crippen molar-refractivity contribution >= 4 is 52.2 Å². The molecule has 15 heteroatoms. The van der Waals surface area contributed by atoms with Gasteiger partial charge in [0.05, 0.1) is 17.2 Å². The molecule has 0 radical (unpaired) electrons. The average Bonchev–Trinajstić information content (AvgIpc) is 3.59. The van der Waals surface area contributed by atoms with Gasteiger partial charge in [0.25, 0.3) is 5.91 Å². The van der Waals surface area contributed by atoms with E-state index in [1.807, 2.05) is 6.07 Å². The smallest absolute Gasteiger partial charge is 0.305 e. The Labute approximate surface area is 237 Å². The number of nitrogens with two attached hydrogens (primary N) is 1. The molecule has 6 N–H and O–H groups in total. The molecule has 204 valence electrons. The molecule has 0 bridgehead atoms. The lowest BCUT2D eigenvalue weighted by Gasteiger charge is -2.15. The number of aromatic amines is 1. The van der Waals surface area contributed by atoms with E-state index in [1.54, 1.807) is 40.3 Å². The molecule has 1 amide bonds. The summed E-state index contributed by atoms with van der Waals surface area (Å²) in [4.78, 5) is 25.5. The summed E-state index contributed by atoms with van der Waals surface area (Å²) in [6, 6.07) is 8.92. The van der Waals surface area contributed by atoms with E-state index in [2.05, 4.69) is 31.1 Å². The predicted octanol–water partition coefficient (Wildman–Crippen LogP) is 3.34. The highest BCUT2D eigenvalue weighted by molar-refractivity contribution is 7.98. The number of thiophene rings is 1. The van der Waals surface area contributed by atoms with Crippen LogP contribution in [0.25, 0.3) is 0 Å². The van der Waals surface area contributed by atoms with Crippen molar-refractivity contribution in [3.8, 4) is 0 Å². The molecule has 0 saturated carbocycles. The first-order valence-corrected chi connectivity index (χ1v) is 14.6. The van der Waals surface area contributed by atoms with Crippen molar-refractivity contribution in [2.24, 2.45) is 0 Å². The molecule has 5 rings (SSSR count). The molecule has 3 aromatic heterocycles. The summed E-state index contributed by atoms with van der Waals surface area (Å²) < 4.78 is 3.20. The second kappa shape index (κ2) is 12.0. The highest BCUT2D eigenvalue weighted by Crippen LogP contribution is 2.39. The number of aromatic nitrogens is 6. The molecule has 0 atom stereocenters. The molecule has 4 aromatic rings. The number of anilines is 1. The Hall–Kier alpha value is -3.69. The molecule has 3 heterocycles. The van der Waals surface area contributed by atoms with Gasteiger partial charge in [-0.1, -0.05) is 30.0 Å². The van der Waals surface area contributed by atoms with Gasteiger partial charge >= 0.3 is 5.97 Å². The van der Waals surface area contributed by atoms with Gasteiger partial charge in [-0.2, -0.15) is 5.10 Å². The number of H-pyrrole nitrogens is 1. The lowest BCUT2D eigenvalue weighted by atomic mass is 9.94. The van der Waals surface area contributed by atoms with Crippen LogP contribution in [-0.2, 0) is 29.8 Å². The number of carboxylic acids is 1. The number of aryl methyl sites for hydroxylation is 1. The van der Waals surface area contributed by atoms with E-state index >= 15 is 0 Å². The first-order valence-electron chi connectivity index (χ1n) is 12.3. The number of hydrogen-bond acceptors (Lipinski definition) is 10. The van der Waals surface area contributed by atoms with Gasteiger partial charge in [0, 0.05) is 23.4 Å². The first-order chi connectivity index (χ1) is 18.9. The summed E-state index contributed by atoms with van der Waals surface area (Å²) in [5.74, 6) is 6.22. The van der Waals surface area contributed by atoms with Crippen molar-refractivity contribution in [1.82, 2.24) is 29.7 Å². The molecular weight excluding hydrogens is 559 g/mol. The van der Waals surface area contributed by atoms with Crippen molar-refractivity contribution < 1.29 is 14.7 Å². The van der Waals surface area contributed by atoms with E-state index in [-0.39, 0.29) is 12.3 Å². The Morgan fingerprint density at radius 3 is 2.72 bits per heavy atom. The maximum Gasteiger partial charge on any atom is 0.305 e. The molecule has 1 aliphatic rings. The van der Waals surface area contributed by atoms with E-state index in [0.717, 1.165) is 36.2 Å². The van der Waals surface area contributed by atoms with E-state index in [9.17, 15) is 9.59 Å². The first kappa shape index (κ1) is 26.9. The minimum Gasteiger partial charge on any atom is -0.481 e. The van der Waals surface area contributed by atoms with E-state index in [0.29, 0.717) is 45.9 Å². The van der Waals surface area contributed by atoms with Crippen LogP contribution in [0, 0.1) is 4.77 Å². The third-order valence-electron chi connectivity index (χ3n) is 6.30. The summed E-state index contributed by atoms with van der Waals surface area (Å²) in [5.41, 5.74) is 5.80. The molecule has 0 unspecified atom stereocenters. The van der Waals surface area contributed by atoms with Crippen LogP contribution in [-0.4, -0.2) is 53.3 Å². The summed E-state index contributed by atoms with van der Waals surface area (Å²) in [6.45, 7) is 0.327. The third kappa shape index (κ3) is 6.15. The van der Waals surface area contributed by atoms with Gasteiger partial charge in [0.15, 0.2) is 11.6 Å². The number of thioether (sulfide) groups is 1. The number of carbonyl (C=O) groups excluding carboxylic acids is 1. The zero-order chi connectivity index (χ0) is 27.4. The second-order valence-electron chi connectivity index (χ2n) is 8.91. The summed E-state index contributed by atoms with van der Waals surface area (Å²) >= 11 is 8.09. The fraction of sp³-hybridized carbons (Fsp3) is 0.333. The topological polar surface area (TPSA) is 169 Å². The number of nitrogens with zero attached hydrogens (tertiary/aromatic N) is 5. The summed E-state index contributed by atoms with van der Waals surface area (Å²) in [5, 5.41) is 29.5. The van der Waals surface area contributed by atoms with Crippen molar-refractivity contribution in [2.45, 2.75) is 49.4 Å². The van der Waals surface area contributed by atoms with Crippen molar-refractivity contribution in [3.05, 3.63) is 68.3 Å². The Morgan fingerprint density at radius 1 is 1.18 bits per heavy atom. The highest BCUT2D eigenvalue weighted by atomic mass is 32.2. The minimum absolute atomic E-state index is 0.0203. The fourth-order valence-electron chi connectivity index (χ4n) is 4.35. The maximum absolute atomic E-state index is 13.1. The molecule has 0 saturated heterocycles. The largest absolute Gasteiger partial charge is 0.481 e. The SMILES string of the molecule is Nn1c(CSc2nnc(Cc3c(NCCC(=O)O)sc4c3CCCC4)n2NC(=O)c2ccccc2)n[nH]c1=S. The number of benzene rings is 1. The Balaban J connectivity index is 1.46. The van der Waals surface area contributed by atoms with Crippen LogP contribution in [0.4, 0.5) is 5.00 Å². The lowest BCUT2D eigenvalue weighted by Crippen LogP contribution is -2.26. The third-order valence-corrected chi connectivity index (χ3v) is 8.80. The standard InChI is InChI=1S/C24H27N9O3S3/c25-32-19(28-29-23(32)37)13-38-24-30-27-18(33(24)31-21(36)14-6-2-1-3-7-14)12-16-15-8-4-5-9-17(15)39-22(16)26-11-10-20(34)35/h1-3,6-7,26H,4-5,8-13,25H2,(H,29,37)(H,31,36)(H,34,35). The van der Waals surface area contributed by atoms with Crippen molar-refractivity contribution in [2.75, 3.05) is 23.1 Å².